The number of hydrogen-bond donors (Lipinski definition) is 3. The van der Waals surface area contributed by atoms with Gasteiger partial charge < -0.3 is 15.7 Å². The Labute approximate surface area is 99.8 Å². The minimum Gasteiger partial charge on any atom is -0.513 e. The Bertz CT molecular complexity index is 310. The minimum absolute atomic E-state index is 0.136. The van der Waals surface area contributed by atoms with Crippen molar-refractivity contribution < 1.29 is 14.6 Å². The molecule has 0 aromatic heterocycles. The number of piperidine rings is 1. The van der Waals surface area contributed by atoms with Crippen molar-refractivity contribution in [1.82, 2.24) is 4.90 Å². The topological polar surface area (TPSA) is 82.6 Å². The van der Waals surface area contributed by atoms with Crippen LogP contribution in [0.4, 0.5) is 4.53 Å². The Hall–Kier alpha value is -1.56. The van der Waals surface area contributed by atoms with E-state index in [4.69, 9.17) is 16.2 Å². The van der Waals surface area contributed by atoms with E-state index in [-0.39, 0.29) is 18.2 Å². The predicted octanol–water partition coefficient (Wildman–Crippen LogP) is 1.49. The molecule has 0 bridgehead atoms. The third-order valence-corrected chi connectivity index (χ3v) is 2.84. The highest BCUT2D eigenvalue weighted by molar-refractivity contribution is 5.90. The molecule has 0 saturated carbocycles. The van der Waals surface area contributed by atoms with E-state index in [2.05, 4.69) is 4.94 Å². The van der Waals surface area contributed by atoms with Crippen LogP contribution < -0.4 is 5.73 Å². The summed E-state index contributed by atoms with van der Waals surface area (Å²) < 4.78 is 11.7. The van der Waals surface area contributed by atoms with E-state index in [0.29, 0.717) is 18.9 Å². The van der Waals surface area contributed by atoms with Crippen molar-refractivity contribution in [2.75, 3.05) is 19.7 Å². The van der Waals surface area contributed by atoms with Crippen LogP contribution in [0.25, 0.3) is 0 Å². The van der Waals surface area contributed by atoms with Crippen molar-refractivity contribution >= 4 is 5.84 Å². The molecule has 4 N–H and O–H groups in total. The Morgan fingerprint density at radius 1 is 1.47 bits per heavy atom. The van der Waals surface area contributed by atoms with Gasteiger partial charge >= 0.3 is 0 Å². The number of nitrogens with one attached hydrogen (secondary N) is 1. The molecule has 1 fully saturated rings. The molecule has 1 aliphatic rings. The lowest BCUT2D eigenvalue weighted by Gasteiger charge is -2.32. The van der Waals surface area contributed by atoms with Crippen LogP contribution >= 0.6 is 0 Å². The molecule has 1 saturated heterocycles. The van der Waals surface area contributed by atoms with Crippen molar-refractivity contribution in [3.05, 3.63) is 24.1 Å². The smallest absolute Gasteiger partial charge is 0.120 e. The first-order valence-electron chi connectivity index (χ1n) is 5.52. The summed E-state index contributed by atoms with van der Waals surface area (Å²) in [5, 5.41) is 16.4. The number of amidine groups is 1. The Kier molecular flexibility index (Phi) is 5.48. The van der Waals surface area contributed by atoms with E-state index < -0.39 is 0 Å². The molecule has 1 heterocycles. The quantitative estimate of drug-likeness (QED) is 0.302. The van der Waals surface area contributed by atoms with Crippen molar-refractivity contribution in [3.63, 3.8) is 0 Å². The van der Waals surface area contributed by atoms with E-state index in [9.17, 15) is 4.53 Å². The maximum absolute atomic E-state index is 11.7. The summed E-state index contributed by atoms with van der Waals surface area (Å²) in [7, 11) is 0. The monoisotopic (exact) mass is 243 g/mol. The number of allylic oxidation sites excluding steroid dienone is 1. The number of aliphatic hydroxyl groups excluding tert-OH is 1. The summed E-state index contributed by atoms with van der Waals surface area (Å²) >= 11 is 0. The van der Waals surface area contributed by atoms with E-state index in [1.54, 1.807) is 0 Å². The molecule has 0 atom stereocenters. The average molecular weight is 243 g/mol. The summed E-state index contributed by atoms with van der Waals surface area (Å²) in [5.74, 6) is 0.574. The molecule has 0 spiro atoms. The maximum atomic E-state index is 11.7. The average Bonchev–Trinajstić information content (AvgIpc) is 2.36. The van der Waals surface area contributed by atoms with Crippen molar-refractivity contribution in [1.29, 1.82) is 5.41 Å². The second-order valence-electron chi connectivity index (χ2n) is 4.05. The van der Waals surface area contributed by atoms with Crippen molar-refractivity contribution in [3.8, 4) is 0 Å². The second-order valence-corrected chi connectivity index (χ2v) is 4.05. The van der Waals surface area contributed by atoms with Crippen LogP contribution in [0.15, 0.2) is 24.1 Å². The Balaban J connectivity index is 2.38. The van der Waals surface area contributed by atoms with Gasteiger partial charge in [0.1, 0.15) is 12.1 Å². The first kappa shape index (κ1) is 13.5. The fourth-order valence-corrected chi connectivity index (χ4v) is 1.75. The van der Waals surface area contributed by atoms with E-state index in [0.717, 1.165) is 19.1 Å². The molecule has 1 aliphatic heterocycles. The van der Waals surface area contributed by atoms with Gasteiger partial charge in [-0.05, 0) is 35.4 Å². The molecular weight excluding hydrogens is 225 g/mol. The predicted molar refractivity (Wildman–Crippen MR) is 63.1 cm³/mol. The van der Waals surface area contributed by atoms with Gasteiger partial charge in [-0.15, -0.1) is 0 Å². The maximum Gasteiger partial charge on any atom is 0.120 e. The molecule has 6 heteroatoms. The SMILES string of the molecule is N=C(/C=C\C(N)=C\O)N1CCC(COF)CC1. The number of likely N-dealkylation sites (tertiary alicyclic amines) is 1. The molecule has 1 rings (SSSR count). The standard InChI is InChI=1S/C11H18FN3O2/c12-17-8-9-3-5-15(6-4-9)11(14)2-1-10(13)7-16/h1-2,7,9,14,16H,3-6,8,13H2/b2-1-,10-7-,14-11?. The minimum atomic E-state index is 0.136. The third kappa shape index (κ3) is 4.44. The van der Waals surface area contributed by atoms with E-state index in [1.807, 2.05) is 4.90 Å². The van der Waals surface area contributed by atoms with E-state index >= 15 is 0 Å². The molecular formula is C11H18FN3O2. The van der Waals surface area contributed by atoms with Gasteiger partial charge in [0.15, 0.2) is 0 Å². The number of rotatable bonds is 4. The lowest BCUT2D eigenvalue weighted by Crippen LogP contribution is -2.38. The molecule has 0 unspecified atom stereocenters. The fourth-order valence-electron chi connectivity index (χ4n) is 1.75. The normalized spacial score (nSPS) is 18.9. The number of nitrogens with zero attached hydrogens (tertiary/aromatic N) is 1. The number of nitrogens with two attached hydrogens (primary N) is 1. The lowest BCUT2D eigenvalue weighted by molar-refractivity contribution is -0.148. The molecule has 17 heavy (non-hydrogen) atoms. The first-order chi connectivity index (χ1) is 8.17. The number of hydrogen-bond acceptors (Lipinski definition) is 4. The lowest BCUT2D eigenvalue weighted by atomic mass is 9.98. The molecule has 0 radical (unpaired) electrons. The van der Waals surface area contributed by atoms with Crippen LogP contribution in [-0.4, -0.2) is 35.5 Å². The van der Waals surface area contributed by atoms with Gasteiger partial charge in [0, 0.05) is 13.1 Å². The number of aliphatic hydroxyl groups is 1. The van der Waals surface area contributed by atoms with Gasteiger partial charge in [0.2, 0.25) is 0 Å². The van der Waals surface area contributed by atoms with E-state index in [1.165, 1.54) is 12.2 Å². The second kappa shape index (κ2) is 6.90. The summed E-state index contributed by atoms with van der Waals surface area (Å²) in [6, 6.07) is 0. The highest BCUT2D eigenvalue weighted by Gasteiger charge is 2.20. The zero-order chi connectivity index (χ0) is 12.7. The van der Waals surface area contributed by atoms with Gasteiger partial charge in [-0.2, -0.15) is 4.94 Å². The van der Waals surface area contributed by atoms with Gasteiger partial charge in [0.05, 0.1) is 12.3 Å². The summed E-state index contributed by atoms with van der Waals surface area (Å²) in [6.07, 6.45) is 5.42. The van der Waals surface area contributed by atoms with Crippen molar-refractivity contribution in [2.45, 2.75) is 12.8 Å². The van der Waals surface area contributed by atoms with Gasteiger partial charge in [-0.1, -0.05) is 0 Å². The fraction of sp³-hybridized carbons (Fsp3) is 0.545. The van der Waals surface area contributed by atoms with Crippen LogP contribution in [-0.2, 0) is 4.94 Å². The highest BCUT2D eigenvalue weighted by Crippen LogP contribution is 2.17. The van der Waals surface area contributed by atoms with Gasteiger partial charge in [-0.3, -0.25) is 5.41 Å². The number of halogens is 1. The Morgan fingerprint density at radius 3 is 2.65 bits per heavy atom. The largest absolute Gasteiger partial charge is 0.513 e. The zero-order valence-electron chi connectivity index (χ0n) is 9.60. The Morgan fingerprint density at radius 2 is 2.12 bits per heavy atom. The van der Waals surface area contributed by atoms with Gasteiger partial charge in [-0.25, -0.2) is 0 Å². The molecule has 0 aromatic rings. The summed E-state index contributed by atoms with van der Waals surface area (Å²) in [5.41, 5.74) is 5.57. The van der Waals surface area contributed by atoms with Crippen LogP contribution in [0.5, 0.6) is 0 Å². The molecule has 0 aromatic carbocycles. The van der Waals surface area contributed by atoms with Crippen LogP contribution in [0.1, 0.15) is 12.8 Å². The molecule has 0 aliphatic carbocycles. The third-order valence-electron chi connectivity index (χ3n) is 2.84. The van der Waals surface area contributed by atoms with Crippen molar-refractivity contribution in [2.24, 2.45) is 11.7 Å². The molecule has 5 nitrogen and oxygen atoms in total. The zero-order valence-corrected chi connectivity index (χ0v) is 9.60. The van der Waals surface area contributed by atoms with Gasteiger partial charge in [0.25, 0.3) is 0 Å². The van der Waals surface area contributed by atoms with Crippen LogP contribution in [0, 0.1) is 11.3 Å². The summed E-state index contributed by atoms with van der Waals surface area (Å²) in [4.78, 5) is 5.52. The van der Waals surface area contributed by atoms with Crippen LogP contribution in [0.3, 0.4) is 0 Å². The highest BCUT2D eigenvalue weighted by atomic mass is 19.3. The van der Waals surface area contributed by atoms with Crippen LogP contribution in [0.2, 0.25) is 0 Å². The molecule has 0 amide bonds. The molecule has 96 valence electrons. The first-order valence-corrected chi connectivity index (χ1v) is 5.52. The summed E-state index contributed by atoms with van der Waals surface area (Å²) in [6.45, 7) is 1.55.